The Balaban J connectivity index is 2.35. The Morgan fingerprint density at radius 2 is 2.00 bits per heavy atom. The molecule has 1 aliphatic rings. The normalized spacial score (nSPS) is 22.3. The molecule has 2 atom stereocenters. The fraction of sp³-hybridized carbons (Fsp3) is 0.462. The number of benzene rings is 1. The van der Waals surface area contributed by atoms with Gasteiger partial charge in [-0.15, -0.1) is 0 Å². The van der Waals surface area contributed by atoms with E-state index in [4.69, 9.17) is 4.74 Å². The van der Waals surface area contributed by atoms with Crippen LogP contribution in [0.2, 0.25) is 0 Å². The first-order valence-electron chi connectivity index (χ1n) is 5.90. The lowest BCUT2D eigenvalue weighted by molar-refractivity contribution is -0.145. The molecule has 1 heterocycles. The highest BCUT2D eigenvalue weighted by Crippen LogP contribution is 2.33. The molecule has 1 N–H and O–H groups in total. The standard InChI is InChI=1S/C13H15F2NO3/c1-18-12-4-10(14)7(3-11(12)15)8-5-16-6-9(8)13(17)19-2/h3-4,8-9,16H,5-6H2,1-2H3/t8-,9+/m0/s1. The minimum Gasteiger partial charge on any atom is -0.494 e. The number of ether oxygens (including phenoxy) is 2. The first-order chi connectivity index (χ1) is 9.08. The van der Waals surface area contributed by atoms with E-state index in [1.807, 2.05) is 0 Å². The van der Waals surface area contributed by atoms with Crippen LogP contribution in [0.25, 0.3) is 0 Å². The second-order valence-corrected chi connectivity index (χ2v) is 4.40. The van der Waals surface area contributed by atoms with Crippen LogP contribution in [0.1, 0.15) is 11.5 Å². The second-order valence-electron chi connectivity index (χ2n) is 4.40. The van der Waals surface area contributed by atoms with Crippen LogP contribution in [0.5, 0.6) is 5.75 Å². The maximum atomic E-state index is 14.0. The predicted molar refractivity (Wildman–Crippen MR) is 64.0 cm³/mol. The van der Waals surface area contributed by atoms with Gasteiger partial charge in [0.05, 0.1) is 20.1 Å². The number of methoxy groups -OCH3 is 2. The van der Waals surface area contributed by atoms with Gasteiger partial charge in [0.25, 0.3) is 0 Å². The van der Waals surface area contributed by atoms with Gasteiger partial charge in [0.2, 0.25) is 0 Å². The lowest BCUT2D eigenvalue weighted by atomic mass is 9.88. The molecule has 104 valence electrons. The van der Waals surface area contributed by atoms with Crippen molar-refractivity contribution < 1.29 is 23.0 Å². The summed E-state index contributed by atoms with van der Waals surface area (Å²) in [6, 6.07) is 2.08. The van der Waals surface area contributed by atoms with Gasteiger partial charge in [-0.25, -0.2) is 8.78 Å². The highest BCUT2D eigenvalue weighted by atomic mass is 19.1. The molecule has 1 aromatic carbocycles. The first kappa shape index (κ1) is 13.7. The Morgan fingerprint density at radius 1 is 1.26 bits per heavy atom. The Morgan fingerprint density at radius 3 is 2.63 bits per heavy atom. The maximum Gasteiger partial charge on any atom is 0.310 e. The Labute approximate surface area is 109 Å². The molecular formula is C13H15F2NO3. The molecule has 1 aromatic rings. The molecule has 0 radical (unpaired) electrons. The molecular weight excluding hydrogens is 256 g/mol. The van der Waals surface area contributed by atoms with Crippen molar-refractivity contribution in [2.75, 3.05) is 27.3 Å². The van der Waals surface area contributed by atoms with E-state index in [1.165, 1.54) is 14.2 Å². The summed E-state index contributed by atoms with van der Waals surface area (Å²) in [5.74, 6) is -2.75. The van der Waals surface area contributed by atoms with Gasteiger partial charge in [0.1, 0.15) is 5.82 Å². The third-order valence-corrected chi connectivity index (χ3v) is 3.39. The van der Waals surface area contributed by atoms with E-state index < -0.39 is 29.4 Å². The van der Waals surface area contributed by atoms with Crippen molar-refractivity contribution in [2.24, 2.45) is 5.92 Å². The van der Waals surface area contributed by atoms with Gasteiger partial charge in [-0.1, -0.05) is 0 Å². The molecule has 0 bridgehead atoms. The lowest BCUT2D eigenvalue weighted by Crippen LogP contribution is -2.23. The highest BCUT2D eigenvalue weighted by Gasteiger charge is 2.36. The van der Waals surface area contributed by atoms with E-state index in [0.29, 0.717) is 13.1 Å². The van der Waals surface area contributed by atoms with E-state index in [1.54, 1.807) is 0 Å². The van der Waals surface area contributed by atoms with E-state index in [0.717, 1.165) is 12.1 Å². The van der Waals surface area contributed by atoms with Crippen LogP contribution in [-0.4, -0.2) is 33.3 Å². The number of carbonyl (C=O) groups is 1. The molecule has 0 aromatic heterocycles. The summed E-state index contributed by atoms with van der Waals surface area (Å²) < 4.78 is 37.0. The van der Waals surface area contributed by atoms with Gasteiger partial charge in [-0.3, -0.25) is 4.79 Å². The van der Waals surface area contributed by atoms with Crippen molar-refractivity contribution in [1.29, 1.82) is 0 Å². The zero-order chi connectivity index (χ0) is 14.0. The average molecular weight is 271 g/mol. The number of halogens is 2. The fourth-order valence-electron chi connectivity index (χ4n) is 2.39. The highest BCUT2D eigenvalue weighted by molar-refractivity contribution is 5.74. The quantitative estimate of drug-likeness (QED) is 0.845. The van der Waals surface area contributed by atoms with Crippen molar-refractivity contribution >= 4 is 5.97 Å². The van der Waals surface area contributed by atoms with E-state index in [-0.39, 0.29) is 11.3 Å². The van der Waals surface area contributed by atoms with Gasteiger partial charge in [-0.2, -0.15) is 0 Å². The molecule has 1 saturated heterocycles. The van der Waals surface area contributed by atoms with Crippen LogP contribution in [0.15, 0.2) is 12.1 Å². The molecule has 0 aliphatic carbocycles. The molecule has 19 heavy (non-hydrogen) atoms. The summed E-state index contributed by atoms with van der Waals surface area (Å²) in [5, 5.41) is 2.99. The van der Waals surface area contributed by atoms with Crippen LogP contribution >= 0.6 is 0 Å². The molecule has 0 amide bonds. The zero-order valence-corrected chi connectivity index (χ0v) is 10.7. The minimum absolute atomic E-state index is 0.151. The molecule has 1 aliphatic heterocycles. The molecule has 4 nitrogen and oxygen atoms in total. The summed E-state index contributed by atoms with van der Waals surface area (Å²) in [7, 11) is 2.55. The largest absolute Gasteiger partial charge is 0.494 e. The second kappa shape index (κ2) is 5.52. The van der Waals surface area contributed by atoms with Crippen molar-refractivity contribution in [3.05, 3.63) is 29.3 Å². The summed E-state index contributed by atoms with van der Waals surface area (Å²) >= 11 is 0. The van der Waals surface area contributed by atoms with Gasteiger partial charge in [-0.05, 0) is 11.6 Å². The molecule has 6 heteroatoms. The first-order valence-corrected chi connectivity index (χ1v) is 5.90. The monoisotopic (exact) mass is 271 g/mol. The molecule has 2 rings (SSSR count). The summed E-state index contributed by atoms with van der Waals surface area (Å²) in [6.45, 7) is 0.798. The van der Waals surface area contributed by atoms with Crippen LogP contribution in [0.3, 0.4) is 0 Å². The maximum absolute atomic E-state index is 14.0. The van der Waals surface area contributed by atoms with Crippen molar-refractivity contribution in [3.8, 4) is 5.75 Å². The van der Waals surface area contributed by atoms with Gasteiger partial charge < -0.3 is 14.8 Å². The third kappa shape index (κ3) is 2.53. The fourth-order valence-corrected chi connectivity index (χ4v) is 2.39. The number of nitrogens with one attached hydrogen (secondary N) is 1. The lowest BCUT2D eigenvalue weighted by Gasteiger charge is -2.18. The van der Waals surface area contributed by atoms with Crippen LogP contribution in [0, 0.1) is 17.6 Å². The number of esters is 1. The van der Waals surface area contributed by atoms with Crippen LogP contribution < -0.4 is 10.1 Å². The number of rotatable bonds is 3. The van der Waals surface area contributed by atoms with Gasteiger partial charge in [0, 0.05) is 25.1 Å². The summed E-state index contributed by atoms with van der Waals surface area (Å²) in [5.41, 5.74) is 0.165. The molecule has 0 unspecified atom stereocenters. The smallest absolute Gasteiger partial charge is 0.310 e. The molecule has 0 saturated carbocycles. The average Bonchev–Trinajstić information content (AvgIpc) is 2.89. The van der Waals surface area contributed by atoms with E-state index >= 15 is 0 Å². The Kier molecular flexibility index (Phi) is 3.99. The number of hydrogen-bond donors (Lipinski definition) is 1. The van der Waals surface area contributed by atoms with Gasteiger partial charge in [0.15, 0.2) is 11.6 Å². The Hall–Kier alpha value is -1.69. The van der Waals surface area contributed by atoms with Gasteiger partial charge >= 0.3 is 5.97 Å². The number of carbonyl (C=O) groups excluding carboxylic acids is 1. The van der Waals surface area contributed by atoms with E-state index in [2.05, 4.69) is 10.1 Å². The summed E-state index contributed by atoms with van der Waals surface area (Å²) in [4.78, 5) is 11.6. The van der Waals surface area contributed by atoms with Crippen molar-refractivity contribution in [2.45, 2.75) is 5.92 Å². The summed E-state index contributed by atoms with van der Waals surface area (Å²) in [6.07, 6.45) is 0. The molecule has 1 fully saturated rings. The van der Waals surface area contributed by atoms with Crippen molar-refractivity contribution in [3.63, 3.8) is 0 Å². The van der Waals surface area contributed by atoms with Crippen molar-refractivity contribution in [1.82, 2.24) is 5.32 Å². The topological polar surface area (TPSA) is 47.6 Å². The SMILES string of the molecule is COC(=O)[C@@H]1CNC[C@H]1c1cc(F)c(OC)cc1F. The van der Waals surface area contributed by atoms with Crippen LogP contribution in [0.4, 0.5) is 8.78 Å². The predicted octanol–water partition coefficient (Wildman–Crippen LogP) is 1.45. The van der Waals surface area contributed by atoms with E-state index in [9.17, 15) is 13.6 Å². The zero-order valence-electron chi connectivity index (χ0n) is 10.7. The molecule has 0 spiro atoms. The minimum atomic E-state index is -0.644. The number of hydrogen-bond acceptors (Lipinski definition) is 4. The third-order valence-electron chi connectivity index (χ3n) is 3.39. The van der Waals surface area contributed by atoms with Crippen LogP contribution in [-0.2, 0) is 9.53 Å². The Bertz CT molecular complexity index is 493.